The van der Waals surface area contributed by atoms with Gasteiger partial charge in [0.2, 0.25) is 0 Å². The van der Waals surface area contributed by atoms with Gasteiger partial charge in [-0.15, -0.1) is 0 Å². The quantitative estimate of drug-likeness (QED) is 0.682. The molecule has 2 rings (SSSR count). The smallest absolute Gasteiger partial charge is 0.470 e. The molecule has 0 N–H and O–H groups in total. The van der Waals surface area contributed by atoms with Crippen molar-refractivity contribution in [1.29, 1.82) is 0 Å². The van der Waals surface area contributed by atoms with Crippen LogP contribution in [-0.2, 0) is 9.31 Å². The van der Waals surface area contributed by atoms with E-state index in [0.717, 1.165) is 17.0 Å². The fourth-order valence-electron chi connectivity index (χ4n) is 1.68. The van der Waals surface area contributed by atoms with Crippen LogP contribution >= 0.6 is 0 Å². The Labute approximate surface area is 97.3 Å². The van der Waals surface area contributed by atoms with Gasteiger partial charge in [-0.3, -0.25) is 0 Å². The second-order valence-corrected chi connectivity index (χ2v) is 5.48. The zero-order chi connectivity index (χ0) is 12.1. The van der Waals surface area contributed by atoms with Crippen molar-refractivity contribution in [2.75, 3.05) is 0 Å². The van der Waals surface area contributed by atoms with Crippen LogP contribution in [-0.4, -0.2) is 18.3 Å². The maximum absolute atomic E-state index is 5.90. The van der Waals surface area contributed by atoms with Gasteiger partial charge in [-0.25, -0.2) is 0 Å². The van der Waals surface area contributed by atoms with E-state index in [2.05, 4.69) is 0 Å². The molecule has 1 fully saturated rings. The van der Waals surface area contributed by atoms with Gasteiger partial charge in [0.1, 0.15) is 11.4 Å². The summed E-state index contributed by atoms with van der Waals surface area (Å²) in [4.78, 5) is 0. The predicted molar refractivity (Wildman–Crippen MR) is 63.9 cm³/mol. The summed E-state index contributed by atoms with van der Waals surface area (Å²) < 4.78 is 17.4. The molecule has 0 atom stereocenters. The topological polar surface area (TPSA) is 31.6 Å². The maximum atomic E-state index is 5.90. The minimum absolute atomic E-state index is 0.313. The zero-order valence-corrected chi connectivity index (χ0v) is 10.9. The lowest BCUT2D eigenvalue weighted by atomic mass is 9.86. The Bertz CT molecular complexity index is 371. The predicted octanol–water partition coefficient (Wildman–Crippen LogP) is 2.20. The molecule has 1 saturated heterocycles. The molecule has 88 valence electrons. The zero-order valence-electron chi connectivity index (χ0n) is 10.9. The van der Waals surface area contributed by atoms with Crippen LogP contribution < -0.4 is 5.66 Å². The van der Waals surface area contributed by atoms with Crippen molar-refractivity contribution in [3.05, 3.63) is 17.4 Å². The van der Waals surface area contributed by atoms with E-state index >= 15 is 0 Å². The van der Waals surface area contributed by atoms with Crippen LogP contribution in [0.3, 0.4) is 0 Å². The summed E-state index contributed by atoms with van der Waals surface area (Å²) in [6, 6.07) is 1.98. The number of hydrogen-bond donors (Lipinski definition) is 0. The van der Waals surface area contributed by atoms with Crippen LogP contribution in [0.15, 0.2) is 10.5 Å². The molecule has 1 aliphatic rings. The van der Waals surface area contributed by atoms with E-state index in [9.17, 15) is 0 Å². The number of rotatable bonds is 1. The molecule has 0 amide bonds. The average Bonchev–Trinajstić information content (AvgIpc) is 2.54. The largest absolute Gasteiger partial charge is 0.532 e. The van der Waals surface area contributed by atoms with Gasteiger partial charge in [0.25, 0.3) is 0 Å². The third-order valence-corrected chi connectivity index (χ3v) is 3.67. The van der Waals surface area contributed by atoms with Gasteiger partial charge in [-0.05, 0) is 53.2 Å². The van der Waals surface area contributed by atoms with E-state index in [4.69, 9.17) is 13.7 Å². The molecule has 0 aromatic carbocycles. The standard InChI is InChI=1S/C12H19BO3/c1-8-7-10(14-9(8)2)13-15-11(3,4)12(5,6)16-13/h7H,1-6H3. The fraction of sp³-hybridized carbons (Fsp3) is 0.667. The molecule has 0 aliphatic carbocycles. The lowest BCUT2D eigenvalue weighted by molar-refractivity contribution is 0.00578. The maximum Gasteiger partial charge on any atom is 0.532 e. The molecular formula is C12H19BO3. The summed E-state index contributed by atoms with van der Waals surface area (Å²) in [5.74, 6) is 0.921. The molecule has 2 heterocycles. The van der Waals surface area contributed by atoms with E-state index in [1.54, 1.807) is 0 Å². The molecule has 4 heteroatoms. The SMILES string of the molecule is Cc1cc(B2OC(C)(C)C(C)(C)O2)oc1C. The highest BCUT2D eigenvalue weighted by Crippen LogP contribution is 2.36. The van der Waals surface area contributed by atoms with Crippen molar-refractivity contribution in [3.63, 3.8) is 0 Å². The lowest BCUT2D eigenvalue weighted by Crippen LogP contribution is -2.41. The van der Waals surface area contributed by atoms with Crippen molar-refractivity contribution in [1.82, 2.24) is 0 Å². The highest BCUT2D eigenvalue weighted by atomic mass is 16.7. The van der Waals surface area contributed by atoms with Crippen molar-refractivity contribution in [3.8, 4) is 0 Å². The number of furan rings is 1. The molecule has 1 aromatic rings. The second kappa shape index (κ2) is 3.38. The minimum atomic E-state index is -0.391. The Hall–Kier alpha value is -0.735. The highest BCUT2D eigenvalue weighted by molar-refractivity contribution is 6.60. The molecule has 0 bridgehead atoms. The Morgan fingerprint density at radius 2 is 1.50 bits per heavy atom. The van der Waals surface area contributed by atoms with Gasteiger partial charge < -0.3 is 13.7 Å². The van der Waals surface area contributed by atoms with Gasteiger partial charge in [-0.2, -0.15) is 0 Å². The Morgan fingerprint density at radius 3 is 1.88 bits per heavy atom. The van der Waals surface area contributed by atoms with Crippen molar-refractivity contribution in [2.45, 2.75) is 52.7 Å². The summed E-state index contributed by atoms with van der Waals surface area (Å²) >= 11 is 0. The minimum Gasteiger partial charge on any atom is -0.470 e. The monoisotopic (exact) mass is 222 g/mol. The first-order chi connectivity index (χ1) is 7.23. The van der Waals surface area contributed by atoms with E-state index in [-0.39, 0.29) is 11.2 Å². The van der Waals surface area contributed by atoms with Crippen molar-refractivity contribution in [2.24, 2.45) is 0 Å². The molecule has 0 unspecified atom stereocenters. The van der Waals surface area contributed by atoms with Crippen molar-refractivity contribution >= 4 is 12.8 Å². The summed E-state index contributed by atoms with van der Waals surface area (Å²) in [6.45, 7) is 12.1. The fourth-order valence-corrected chi connectivity index (χ4v) is 1.68. The van der Waals surface area contributed by atoms with Gasteiger partial charge in [0.05, 0.1) is 11.2 Å². The molecule has 1 aromatic heterocycles. The van der Waals surface area contributed by atoms with Crippen LogP contribution in [0.1, 0.15) is 39.0 Å². The summed E-state index contributed by atoms with van der Waals surface area (Å²) in [5, 5.41) is 0. The molecule has 16 heavy (non-hydrogen) atoms. The molecule has 0 spiro atoms. The van der Waals surface area contributed by atoms with E-state index in [1.165, 1.54) is 0 Å². The van der Waals surface area contributed by atoms with Gasteiger partial charge in [0.15, 0.2) is 0 Å². The highest BCUT2D eigenvalue weighted by Gasteiger charge is 2.53. The molecule has 0 saturated carbocycles. The first-order valence-corrected chi connectivity index (χ1v) is 5.65. The first kappa shape index (κ1) is 11.7. The van der Waals surface area contributed by atoms with E-state index in [1.807, 2.05) is 47.6 Å². The van der Waals surface area contributed by atoms with Crippen molar-refractivity contribution < 1.29 is 13.7 Å². The van der Waals surface area contributed by atoms with Crippen LogP contribution in [0.4, 0.5) is 0 Å². The first-order valence-electron chi connectivity index (χ1n) is 5.65. The van der Waals surface area contributed by atoms with Crippen LogP contribution in [0, 0.1) is 13.8 Å². The summed E-state index contributed by atoms with van der Waals surface area (Å²) in [7, 11) is -0.391. The number of hydrogen-bond acceptors (Lipinski definition) is 3. The van der Waals surface area contributed by atoms with Crippen LogP contribution in [0.5, 0.6) is 0 Å². The van der Waals surface area contributed by atoms with Gasteiger partial charge in [-0.1, -0.05) is 0 Å². The third kappa shape index (κ3) is 1.70. The molecular weight excluding hydrogens is 203 g/mol. The molecule has 0 radical (unpaired) electrons. The van der Waals surface area contributed by atoms with Crippen LogP contribution in [0.25, 0.3) is 0 Å². The third-order valence-electron chi connectivity index (χ3n) is 3.67. The second-order valence-electron chi connectivity index (χ2n) is 5.48. The molecule has 1 aliphatic heterocycles. The summed E-state index contributed by atoms with van der Waals surface area (Å²) in [6.07, 6.45) is 0. The average molecular weight is 222 g/mol. The van der Waals surface area contributed by atoms with Crippen LogP contribution in [0.2, 0.25) is 0 Å². The molecule has 3 nitrogen and oxygen atoms in total. The Balaban J connectivity index is 2.27. The van der Waals surface area contributed by atoms with Gasteiger partial charge in [0, 0.05) is 0 Å². The van der Waals surface area contributed by atoms with Gasteiger partial charge >= 0.3 is 7.12 Å². The number of aryl methyl sites for hydroxylation is 2. The Morgan fingerprint density at radius 1 is 1.00 bits per heavy atom. The normalized spacial score (nSPS) is 22.8. The van der Waals surface area contributed by atoms with E-state index in [0.29, 0.717) is 0 Å². The van der Waals surface area contributed by atoms with E-state index < -0.39 is 7.12 Å². The Kier molecular flexibility index (Phi) is 2.48. The summed E-state index contributed by atoms with van der Waals surface area (Å²) in [5.41, 5.74) is 1.26. The lowest BCUT2D eigenvalue weighted by Gasteiger charge is -2.32.